The number of nitrogens with zero attached hydrogens (tertiary/aromatic N) is 2. The van der Waals surface area contributed by atoms with Gasteiger partial charge in [0.2, 0.25) is 5.78 Å². The van der Waals surface area contributed by atoms with Crippen molar-refractivity contribution in [2.24, 2.45) is 5.10 Å². The molecule has 4 aromatic rings. The third kappa shape index (κ3) is 4.81. The molecule has 0 saturated heterocycles. The molecule has 33 heavy (non-hydrogen) atoms. The van der Waals surface area contributed by atoms with Crippen LogP contribution < -0.4 is 10.7 Å². The number of fused-ring (bicyclic) bond motifs is 1. The topological polar surface area (TPSA) is 75.0 Å². The Morgan fingerprint density at radius 3 is 2.48 bits per heavy atom. The molecule has 2 aromatic heterocycles. The number of carbonyl (C=O) groups excluding carboxylic acids is 2. The minimum absolute atomic E-state index is 0.0952. The molecule has 1 amide bonds. The van der Waals surface area contributed by atoms with Crippen molar-refractivity contribution in [1.82, 2.24) is 9.83 Å². The lowest BCUT2D eigenvalue weighted by molar-refractivity contribution is -0.119. The van der Waals surface area contributed by atoms with Gasteiger partial charge in [0.05, 0.1) is 24.0 Å². The van der Waals surface area contributed by atoms with Crippen LogP contribution in [0, 0.1) is 13.8 Å². The Morgan fingerprint density at radius 1 is 1.00 bits per heavy atom. The molecule has 0 bridgehead atoms. The molecule has 0 radical (unpaired) electrons. The summed E-state index contributed by atoms with van der Waals surface area (Å²) in [5, 5.41) is 7.81. The van der Waals surface area contributed by atoms with E-state index in [1.807, 2.05) is 66.9 Å². The van der Waals surface area contributed by atoms with Crippen LogP contribution in [0.4, 0.5) is 5.69 Å². The van der Waals surface area contributed by atoms with Crippen molar-refractivity contribution in [3.63, 3.8) is 0 Å². The molecule has 0 aliphatic carbocycles. The SMILES string of the molecule is Cc1ccccc1NCC(=O)NN=Cc1c(C)c(C(=O)c2ccc(Cl)cc2)n2ccccc12. The molecule has 7 heteroatoms. The summed E-state index contributed by atoms with van der Waals surface area (Å²) in [6.07, 6.45) is 3.42. The lowest BCUT2D eigenvalue weighted by Crippen LogP contribution is -2.26. The Balaban J connectivity index is 1.54. The summed E-state index contributed by atoms with van der Waals surface area (Å²) in [4.78, 5) is 25.5. The van der Waals surface area contributed by atoms with Crippen LogP contribution in [-0.2, 0) is 4.79 Å². The number of benzene rings is 2. The van der Waals surface area contributed by atoms with Gasteiger partial charge in [0.25, 0.3) is 5.91 Å². The molecule has 0 atom stereocenters. The van der Waals surface area contributed by atoms with Crippen LogP contribution in [0.15, 0.2) is 78.0 Å². The Bertz CT molecular complexity index is 1360. The van der Waals surface area contributed by atoms with Crippen molar-refractivity contribution in [2.45, 2.75) is 13.8 Å². The van der Waals surface area contributed by atoms with E-state index >= 15 is 0 Å². The van der Waals surface area contributed by atoms with Crippen LogP contribution in [0.5, 0.6) is 0 Å². The predicted molar refractivity (Wildman–Crippen MR) is 132 cm³/mol. The number of amides is 1. The quantitative estimate of drug-likeness (QED) is 0.232. The van der Waals surface area contributed by atoms with Gasteiger partial charge in [0, 0.05) is 28.0 Å². The first-order chi connectivity index (χ1) is 16.0. The fraction of sp³-hybridized carbons (Fsp3) is 0.115. The third-order valence-electron chi connectivity index (χ3n) is 5.42. The molecule has 4 rings (SSSR count). The normalized spacial score (nSPS) is 11.1. The van der Waals surface area contributed by atoms with Crippen LogP contribution in [0.25, 0.3) is 5.52 Å². The summed E-state index contributed by atoms with van der Waals surface area (Å²) < 4.78 is 1.84. The van der Waals surface area contributed by atoms with Crippen LogP contribution in [0.2, 0.25) is 5.02 Å². The first-order valence-corrected chi connectivity index (χ1v) is 10.8. The van der Waals surface area contributed by atoms with Crippen LogP contribution >= 0.6 is 11.6 Å². The highest BCUT2D eigenvalue weighted by atomic mass is 35.5. The van der Waals surface area contributed by atoms with Gasteiger partial charge >= 0.3 is 0 Å². The van der Waals surface area contributed by atoms with Gasteiger partial charge in [0.1, 0.15) is 0 Å². The number of hydrogen-bond donors (Lipinski definition) is 2. The number of halogens is 1. The van der Waals surface area contributed by atoms with Crippen molar-refractivity contribution in [2.75, 3.05) is 11.9 Å². The van der Waals surface area contributed by atoms with Crippen LogP contribution in [0.3, 0.4) is 0 Å². The van der Waals surface area contributed by atoms with Crippen molar-refractivity contribution in [3.05, 3.63) is 106 Å². The summed E-state index contributed by atoms with van der Waals surface area (Å²) >= 11 is 5.97. The minimum atomic E-state index is -0.270. The van der Waals surface area contributed by atoms with Gasteiger partial charge in [-0.3, -0.25) is 9.59 Å². The second-order valence-corrected chi connectivity index (χ2v) is 8.08. The number of aromatic nitrogens is 1. The zero-order valence-corrected chi connectivity index (χ0v) is 19.1. The van der Waals surface area contributed by atoms with Crippen LogP contribution in [-0.4, -0.2) is 28.9 Å². The van der Waals surface area contributed by atoms with Gasteiger partial charge in [-0.2, -0.15) is 5.10 Å². The first-order valence-electron chi connectivity index (χ1n) is 10.5. The molecule has 2 aromatic carbocycles. The number of ketones is 1. The van der Waals surface area contributed by atoms with E-state index in [0.717, 1.165) is 27.9 Å². The molecular formula is C26H23ClN4O2. The molecule has 2 N–H and O–H groups in total. The Morgan fingerprint density at radius 2 is 1.73 bits per heavy atom. The number of carbonyl (C=O) groups is 2. The van der Waals surface area contributed by atoms with E-state index in [2.05, 4.69) is 15.8 Å². The first kappa shape index (κ1) is 22.3. The molecule has 2 heterocycles. The van der Waals surface area contributed by atoms with Gasteiger partial charge in [-0.1, -0.05) is 35.9 Å². The number of anilines is 1. The largest absolute Gasteiger partial charge is 0.376 e. The van der Waals surface area contributed by atoms with E-state index in [1.54, 1.807) is 30.5 Å². The van der Waals surface area contributed by atoms with E-state index in [9.17, 15) is 9.59 Å². The molecule has 0 unspecified atom stereocenters. The second-order valence-electron chi connectivity index (χ2n) is 7.64. The average Bonchev–Trinajstić information content (AvgIpc) is 3.10. The number of para-hydroxylation sites is 1. The number of hydrazone groups is 1. The van der Waals surface area contributed by atoms with Gasteiger partial charge in [-0.25, -0.2) is 5.43 Å². The van der Waals surface area contributed by atoms with E-state index in [0.29, 0.717) is 16.3 Å². The fourth-order valence-electron chi connectivity index (χ4n) is 3.69. The Hall–Kier alpha value is -3.90. The second kappa shape index (κ2) is 9.71. The standard InChI is InChI=1S/C26H23ClN4O2/c1-17-7-3-4-8-22(17)28-16-24(32)30-29-15-21-18(2)25(31-14-6-5-9-23(21)31)26(33)19-10-12-20(27)13-11-19/h3-15,28H,16H2,1-2H3,(H,30,32). The van der Waals surface area contributed by atoms with Crippen LogP contribution in [0.1, 0.15) is 32.7 Å². The molecule has 0 aliphatic rings. The van der Waals surface area contributed by atoms with Gasteiger partial charge < -0.3 is 9.72 Å². The zero-order chi connectivity index (χ0) is 23.4. The molecule has 6 nitrogen and oxygen atoms in total. The van der Waals surface area contributed by atoms with Crippen molar-refractivity contribution in [1.29, 1.82) is 0 Å². The highest BCUT2D eigenvalue weighted by Gasteiger charge is 2.20. The lowest BCUT2D eigenvalue weighted by atomic mass is 10.0. The Labute approximate surface area is 196 Å². The molecule has 0 spiro atoms. The summed E-state index contributed by atoms with van der Waals surface area (Å²) in [7, 11) is 0. The maximum Gasteiger partial charge on any atom is 0.259 e. The van der Waals surface area contributed by atoms with Gasteiger partial charge in [-0.05, 0) is 67.4 Å². The highest BCUT2D eigenvalue weighted by Crippen LogP contribution is 2.24. The molecule has 166 valence electrons. The van der Waals surface area contributed by atoms with Gasteiger partial charge in [0.15, 0.2) is 0 Å². The number of hydrogen-bond acceptors (Lipinski definition) is 4. The number of pyridine rings is 1. The van der Waals surface area contributed by atoms with E-state index in [-0.39, 0.29) is 18.2 Å². The molecule has 0 saturated carbocycles. The average molecular weight is 459 g/mol. The highest BCUT2D eigenvalue weighted by molar-refractivity contribution is 6.30. The fourth-order valence-corrected chi connectivity index (χ4v) is 3.82. The minimum Gasteiger partial charge on any atom is -0.376 e. The molecule has 0 aliphatic heterocycles. The number of nitrogens with one attached hydrogen (secondary N) is 2. The zero-order valence-electron chi connectivity index (χ0n) is 18.3. The van der Waals surface area contributed by atoms with Crippen molar-refractivity contribution in [3.8, 4) is 0 Å². The van der Waals surface area contributed by atoms with E-state index < -0.39 is 0 Å². The third-order valence-corrected chi connectivity index (χ3v) is 5.68. The number of aryl methyl sites for hydroxylation is 1. The molecular weight excluding hydrogens is 436 g/mol. The summed E-state index contributed by atoms with van der Waals surface area (Å²) in [5.41, 5.74) is 7.96. The maximum absolute atomic E-state index is 13.2. The maximum atomic E-state index is 13.2. The molecule has 0 fully saturated rings. The number of rotatable bonds is 7. The summed E-state index contributed by atoms with van der Waals surface area (Å²) in [6.45, 7) is 3.94. The smallest absolute Gasteiger partial charge is 0.259 e. The summed E-state index contributed by atoms with van der Waals surface area (Å²) in [5.74, 6) is -0.385. The van der Waals surface area contributed by atoms with E-state index in [1.165, 1.54) is 0 Å². The van der Waals surface area contributed by atoms with Crippen molar-refractivity contribution >= 4 is 40.7 Å². The monoisotopic (exact) mass is 458 g/mol. The Kier molecular flexibility index (Phi) is 6.56. The van der Waals surface area contributed by atoms with Crippen molar-refractivity contribution < 1.29 is 9.59 Å². The summed E-state index contributed by atoms with van der Waals surface area (Å²) in [6, 6.07) is 20.2. The van der Waals surface area contributed by atoms with Gasteiger partial charge in [-0.15, -0.1) is 0 Å². The lowest BCUT2D eigenvalue weighted by Gasteiger charge is -2.07. The predicted octanol–water partition coefficient (Wildman–Crippen LogP) is 5.00. The van der Waals surface area contributed by atoms with E-state index in [4.69, 9.17) is 11.6 Å².